The van der Waals surface area contributed by atoms with Crippen LogP contribution < -0.4 is 9.47 Å². The van der Waals surface area contributed by atoms with Gasteiger partial charge >= 0.3 is 6.61 Å². The molecule has 1 atom stereocenters. The Hall–Kier alpha value is -3.06. The summed E-state index contributed by atoms with van der Waals surface area (Å²) in [6, 6.07) is 11.8. The maximum atomic E-state index is 12.4. The molecule has 0 saturated carbocycles. The fraction of sp³-hybridized carbons (Fsp3) is 0.304. The van der Waals surface area contributed by atoms with E-state index in [1.165, 1.54) is 25.6 Å². The number of aliphatic hydroxyl groups is 1. The number of rotatable bonds is 6. The molecular formula is C23H24F2N2O3. The molecule has 7 heteroatoms. The normalized spacial score (nSPS) is 13.7. The van der Waals surface area contributed by atoms with E-state index in [2.05, 4.69) is 14.7 Å². The van der Waals surface area contributed by atoms with Crippen molar-refractivity contribution in [3.63, 3.8) is 0 Å². The first-order valence-corrected chi connectivity index (χ1v) is 9.38. The molecule has 1 unspecified atom stereocenters. The average Bonchev–Trinajstić information content (AvgIpc) is 2.72. The van der Waals surface area contributed by atoms with Crippen LogP contribution in [0.15, 0.2) is 61.2 Å². The Kier molecular flexibility index (Phi) is 6.03. The van der Waals surface area contributed by atoms with E-state index in [1.807, 2.05) is 26.8 Å². The third-order valence-electron chi connectivity index (χ3n) is 5.07. The summed E-state index contributed by atoms with van der Waals surface area (Å²) in [5.41, 5.74) is 0.725. The highest BCUT2D eigenvalue weighted by molar-refractivity contribution is 5.67. The van der Waals surface area contributed by atoms with Gasteiger partial charge in [-0.3, -0.25) is 0 Å². The largest absolute Gasteiger partial charge is 0.496 e. The summed E-state index contributed by atoms with van der Waals surface area (Å²) in [7, 11) is 1.53. The molecule has 0 aliphatic carbocycles. The first kappa shape index (κ1) is 21.6. The minimum absolute atomic E-state index is 0.0866. The van der Waals surface area contributed by atoms with Gasteiger partial charge in [0.2, 0.25) is 0 Å². The van der Waals surface area contributed by atoms with Crippen LogP contribution in [0.1, 0.15) is 31.9 Å². The minimum atomic E-state index is -2.87. The summed E-state index contributed by atoms with van der Waals surface area (Å²) in [4.78, 5) is 8.12. The van der Waals surface area contributed by atoms with Gasteiger partial charge in [0.1, 0.15) is 23.4 Å². The van der Waals surface area contributed by atoms with Crippen molar-refractivity contribution < 1.29 is 23.4 Å². The molecule has 1 aromatic heterocycles. The molecule has 0 aliphatic rings. The number of hydrogen-bond donors (Lipinski definition) is 1. The first-order valence-electron chi connectivity index (χ1n) is 9.38. The molecule has 1 heterocycles. The molecule has 0 spiro atoms. The Morgan fingerprint density at radius 2 is 1.53 bits per heavy atom. The van der Waals surface area contributed by atoms with Crippen molar-refractivity contribution >= 4 is 0 Å². The molecule has 2 aromatic carbocycles. The van der Waals surface area contributed by atoms with Crippen molar-refractivity contribution in [2.75, 3.05) is 7.11 Å². The van der Waals surface area contributed by atoms with Crippen molar-refractivity contribution in [1.82, 2.24) is 9.97 Å². The van der Waals surface area contributed by atoms with E-state index >= 15 is 0 Å². The number of aromatic nitrogens is 2. The van der Waals surface area contributed by atoms with Crippen LogP contribution in [0.3, 0.4) is 0 Å². The molecule has 30 heavy (non-hydrogen) atoms. The average molecular weight is 414 g/mol. The van der Waals surface area contributed by atoms with E-state index in [0.717, 1.165) is 11.1 Å². The number of methoxy groups -OCH3 is 1. The number of halogens is 2. The van der Waals surface area contributed by atoms with Crippen LogP contribution in [-0.4, -0.2) is 28.8 Å². The van der Waals surface area contributed by atoms with Gasteiger partial charge in [0.05, 0.1) is 7.11 Å². The molecule has 0 radical (unpaired) electrons. The van der Waals surface area contributed by atoms with Crippen molar-refractivity contribution in [2.45, 2.75) is 33.0 Å². The summed E-state index contributed by atoms with van der Waals surface area (Å²) in [6.45, 7) is 2.91. The van der Waals surface area contributed by atoms with E-state index in [0.29, 0.717) is 16.9 Å². The van der Waals surface area contributed by atoms with Crippen molar-refractivity contribution in [3.8, 4) is 22.6 Å². The van der Waals surface area contributed by atoms with E-state index in [9.17, 15) is 13.9 Å². The quantitative estimate of drug-likeness (QED) is 0.613. The van der Waals surface area contributed by atoms with Crippen LogP contribution >= 0.6 is 0 Å². The van der Waals surface area contributed by atoms with E-state index in [4.69, 9.17) is 4.74 Å². The highest BCUT2D eigenvalue weighted by Gasteiger charge is 2.45. The minimum Gasteiger partial charge on any atom is -0.496 e. The monoisotopic (exact) mass is 414 g/mol. The summed E-state index contributed by atoms with van der Waals surface area (Å²) in [6.07, 6.45) is 4.59. The predicted octanol–water partition coefficient (Wildman–Crippen LogP) is 5.04. The fourth-order valence-corrected chi connectivity index (χ4v) is 3.48. The maximum Gasteiger partial charge on any atom is 0.387 e. The zero-order valence-corrected chi connectivity index (χ0v) is 17.3. The lowest BCUT2D eigenvalue weighted by atomic mass is 9.68. The molecule has 158 valence electrons. The van der Waals surface area contributed by atoms with Gasteiger partial charge < -0.3 is 14.6 Å². The van der Waals surface area contributed by atoms with Crippen LogP contribution in [0.4, 0.5) is 8.78 Å². The Labute approximate surface area is 174 Å². The zero-order chi connectivity index (χ0) is 21.9. The lowest BCUT2D eigenvalue weighted by Crippen LogP contribution is -2.41. The second-order valence-corrected chi connectivity index (χ2v) is 7.91. The smallest absolute Gasteiger partial charge is 0.387 e. The molecule has 3 aromatic rings. The lowest BCUT2D eigenvalue weighted by molar-refractivity contribution is -0.0498. The molecule has 0 amide bonds. The maximum absolute atomic E-state index is 12.4. The topological polar surface area (TPSA) is 64.5 Å². The summed E-state index contributed by atoms with van der Waals surface area (Å²) < 4.78 is 34.7. The molecule has 3 rings (SSSR count). The van der Waals surface area contributed by atoms with Gasteiger partial charge in [0.25, 0.3) is 0 Å². The number of nitrogens with zero attached hydrogens (tertiary/aromatic N) is 2. The lowest BCUT2D eigenvalue weighted by Gasteiger charge is -2.41. The Morgan fingerprint density at radius 3 is 2.07 bits per heavy atom. The number of hydrogen-bond acceptors (Lipinski definition) is 5. The second-order valence-electron chi connectivity index (χ2n) is 7.91. The fourth-order valence-electron chi connectivity index (χ4n) is 3.48. The summed E-state index contributed by atoms with van der Waals surface area (Å²) in [5.74, 6) is 0.574. The van der Waals surface area contributed by atoms with Gasteiger partial charge in [0.15, 0.2) is 0 Å². The summed E-state index contributed by atoms with van der Waals surface area (Å²) in [5, 5.41) is 11.8. The highest BCUT2D eigenvalue weighted by atomic mass is 19.3. The van der Waals surface area contributed by atoms with Gasteiger partial charge in [-0.2, -0.15) is 8.78 Å². The second kappa shape index (κ2) is 8.36. The molecule has 0 fully saturated rings. The van der Waals surface area contributed by atoms with Gasteiger partial charge in [-0.25, -0.2) is 9.97 Å². The van der Waals surface area contributed by atoms with Gasteiger partial charge in [0, 0.05) is 23.5 Å². The van der Waals surface area contributed by atoms with E-state index in [-0.39, 0.29) is 5.75 Å². The third kappa shape index (κ3) is 4.11. The summed E-state index contributed by atoms with van der Waals surface area (Å²) >= 11 is 0. The van der Waals surface area contributed by atoms with Gasteiger partial charge in [-0.1, -0.05) is 45.0 Å². The van der Waals surface area contributed by atoms with Crippen LogP contribution in [0.5, 0.6) is 11.5 Å². The highest BCUT2D eigenvalue weighted by Crippen LogP contribution is 2.48. The van der Waals surface area contributed by atoms with Crippen molar-refractivity contribution in [3.05, 3.63) is 72.3 Å². The van der Waals surface area contributed by atoms with E-state index in [1.54, 1.807) is 36.7 Å². The molecule has 1 N–H and O–H groups in total. The first-order chi connectivity index (χ1) is 14.2. The number of ether oxygens (including phenoxy) is 2. The van der Waals surface area contributed by atoms with Crippen LogP contribution in [-0.2, 0) is 5.60 Å². The number of benzene rings is 2. The van der Waals surface area contributed by atoms with Crippen molar-refractivity contribution in [2.24, 2.45) is 5.41 Å². The molecule has 0 aliphatic heterocycles. The van der Waals surface area contributed by atoms with Crippen LogP contribution in [0.2, 0.25) is 0 Å². The third-order valence-corrected chi connectivity index (χ3v) is 5.07. The molecular weight excluding hydrogens is 390 g/mol. The Balaban J connectivity index is 2.07. The number of alkyl halides is 2. The van der Waals surface area contributed by atoms with Crippen LogP contribution in [0.25, 0.3) is 11.1 Å². The zero-order valence-electron chi connectivity index (χ0n) is 17.3. The molecule has 0 saturated heterocycles. The van der Waals surface area contributed by atoms with E-state index < -0.39 is 17.6 Å². The predicted molar refractivity (Wildman–Crippen MR) is 110 cm³/mol. The van der Waals surface area contributed by atoms with Crippen molar-refractivity contribution in [1.29, 1.82) is 0 Å². The molecule has 5 nitrogen and oxygen atoms in total. The Morgan fingerprint density at radius 1 is 0.933 bits per heavy atom. The Bertz CT molecular complexity index is 990. The standard InChI is InChI=1S/C23H24F2N2O3/c1-22(2,3)23(28,17-12-26-14-27-13-17)19-10-7-16(11-20(19)29-4)15-5-8-18(9-6-15)30-21(24)25/h5-14,21,28H,1-4H3. The molecule has 0 bridgehead atoms. The van der Waals surface area contributed by atoms with Gasteiger partial charge in [-0.05, 0) is 34.7 Å². The SMILES string of the molecule is COc1cc(-c2ccc(OC(F)F)cc2)ccc1C(O)(c1cncnc1)C(C)(C)C. The van der Waals surface area contributed by atoms with Gasteiger partial charge in [-0.15, -0.1) is 0 Å². The van der Waals surface area contributed by atoms with Crippen LogP contribution in [0, 0.1) is 5.41 Å².